The fraction of sp³-hybridized carbons (Fsp3) is 0.500. The molecule has 112 valence electrons. The smallest absolute Gasteiger partial charge is 0.253 e. The number of ether oxygens (including phenoxy) is 3. The van der Waals surface area contributed by atoms with Gasteiger partial charge < -0.3 is 19.1 Å². The highest BCUT2D eigenvalue weighted by Crippen LogP contribution is 2.23. The Morgan fingerprint density at radius 3 is 2.20 bits per heavy atom. The second kappa shape index (κ2) is 8.11. The van der Waals surface area contributed by atoms with Crippen LogP contribution >= 0.6 is 15.9 Å². The summed E-state index contributed by atoms with van der Waals surface area (Å²) in [5.41, 5.74) is 0.529. The average molecular weight is 346 g/mol. The molecule has 0 saturated carbocycles. The quantitative estimate of drug-likeness (QED) is 0.710. The number of halogens is 1. The number of benzene rings is 1. The predicted molar refractivity (Wildman–Crippen MR) is 81.1 cm³/mol. The Balaban J connectivity index is 2.85. The van der Waals surface area contributed by atoms with E-state index in [1.807, 2.05) is 0 Å². The van der Waals surface area contributed by atoms with Crippen LogP contribution in [0.2, 0.25) is 0 Å². The Hall–Kier alpha value is -1.27. The molecule has 1 amide bonds. The Morgan fingerprint density at radius 1 is 1.20 bits per heavy atom. The molecule has 20 heavy (non-hydrogen) atoms. The van der Waals surface area contributed by atoms with Gasteiger partial charge in [-0.2, -0.15) is 0 Å². The highest BCUT2D eigenvalue weighted by Gasteiger charge is 2.17. The van der Waals surface area contributed by atoms with E-state index in [4.69, 9.17) is 14.2 Å². The molecule has 0 saturated heterocycles. The van der Waals surface area contributed by atoms with E-state index in [1.54, 1.807) is 51.5 Å². The van der Waals surface area contributed by atoms with Crippen LogP contribution in [0.1, 0.15) is 10.4 Å². The molecule has 0 heterocycles. The second-order valence-electron chi connectivity index (χ2n) is 4.34. The minimum Gasteiger partial charge on any atom is -0.497 e. The van der Waals surface area contributed by atoms with Crippen molar-refractivity contribution in [1.29, 1.82) is 0 Å². The number of hydrogen-bond donors (Lipinski definition) is 0. The fourth-order valence-electron chi connectivity index (χ4n) is 1.76. The van der Waals surface area contributed by atoms with E-state index in [0.717, 1.165) is 0 Å². The summed E-state index contributed by atoms with van der Waals surface area (Å²) < 4.78 is 15.4. The van der Waals surface area contributed by atoms with Crippen LogP contribution in [0.5, 0.6) is 11.5 Å². The van der Waals surface area contributed by atoms with Gasteiger partial charge in [0, 0.05) is 32.3 Å². The van der Waals surface area contributed by atoms with E-state index in [-0.39, 0.29) is 10.7 Å². The standard InChI is InChI=1S/C14H20BrNO4/c1-16(8-11(15)9-18-2)14(17)10-5-12(19-3)7-13(6-10)20-4/h5-7,11H,8-9H2,1-4H3. The summed E-state index contributed by atoms with van der Waals surface area (Å²) >= 11 is 3.47. The molecule has 0 spiro atoms. The molecule has 0 aliphatic carbocycles. The Kier molecular flexibility index (Phi) is 6.81. The van der Waals surface area contributed by atoms with Crippen molar-refractivity contribution in [2.45, 2.75) is 4.83 Å². The molecular weight excluding hydrogens is 326 g/mol. The van der Waals surface area contributed by atoms with Crippen LogP contribution < -0.4 is 9.47 Å². The first-order valence-corrected chi connectivity index (χ1v) is 7.05. The highest BCUT2D eigenvalue weighted by molar-refractivity contribution is 9.09. The summed E-state index contributed by atoms with van der Waals surface area (Å²) in [6, 6.07) is 5.12. The molecule has 1 aromatic carbocycles. The lowest BCUT2D eigenvalue weighted by atomic mass is 10.1. The lowest BCUT2D eigenvalue weighted by Crippen LogP contribution is -2.33. The lowest BCUT2D eigenvalue weighted by molar-refractivity contribution is 0.0783. The number of rotatable bonds is 7. The Labute approximate surface area is 127 Å². The lowest BCUT2D eigenvalue weighted by Gasteiger charge is -2.20. The normalized spacial score (nSPS) is 11.8. The first kappa shape index (κ1) is 16.8. The molecule has 6 heteroatoms. The monoisotopic (exact) mass is 345 g/mol. The van der Waals surface area contributed by atoms with Gasteiger partial charge in [-0.1, -0.05) is 15.9 Å². The van der Waals surface area contributed by atoms with Crippen LogP contribution in [0.25, 0.3) is 0 Å². The van der Waals surface area contributed by atoms with Crippen molar-refractivity contribution < 1.29 is 19.0 Å². The summed E-state index contributed by atoms with van der Waals surface area (Å²) in [6.45, 7) is 1.09. The van der Waals surface area contributed by atoms with Crippen molar-refractivity contribution in [2.75, 3.05) is 41.5 Å². The third-order valence-electron chi connectivity index (χ3n) is 2.76. The zero-order valence-electron chi connectivity index (χ0n) is 12.2. The van der Waals surface area contributed by atoms with E-state index in [1.165, 1.54) is 0 Å². The average Bonchev–Trinajstić information content (AvgIpc) is 2.45. The maximum atomic E-state index is 12.4. The number of methoxy groups -OCH3 is 3. The molecule has 1 rings (SSSR count). The van der Waals surface area contributed by atoms with Crippen molar-refractivity contribution in [1.82, 2.24) is 4.90 Å². The summed E-state index contributed by atoms with van der Waals surface area (Å²) in [6.07, 6.45) is 0. The van der Waals surface area contributed by atoms with Crippen molar-refractivity contribution >= 4 is 21.8 Å². The van der Waals surface area contributed by atoms with Gasteiger partial charge in [-0.3, -0.25) is 4.79 Å². The van der Waals surface area contributed by atoms with Gasteiger partial charge in [0.2, 0.25) is 0 Å². The van der Waals surface area contributed by atoms with Gasteiger partial charge in [-0.25, -0.2) is 0 Å². The number of carbonyl (C=O) groups is 1. The third kappa shape index (κ3) is 4.68. The van der Waals surface area contributed by atoms with Crippen LogP contribution in [0, 0.1) is 0 Å². The Morgan fingerprint density at radius 2 is 1.75 bits per heavy atom. The molecule has 0 bridgehead atoms. The van der Waals surface area contributed by atoms with Gasteiger partial charge in [-0.15, -0.1) is 0 Å². The van der Waals surface area contributed by atoms with Crippen molar-refractivity contribution in [2.24, 2.45) is 0 Å². The predicted octanol–water partition coefficient (Wildman–Crippen LogP) is 2.19. The molecule has 0 radical (unpaired) electrons. The zero-order valence-corrected chi connectivity index (χ0v) is 13.8. The van der Waals surface area contributed by atoms with Gasteiger partial charge >= 0.3 is 0 Å². The van der Waals surface area contributed by atoms with Gasteiger partial charge in [0.1, 0.15) is 11.5 Å². The minimum atomic E-state index is -0.0947. The minimum absolute atomic E-state index is 0.0916. The van der Waals surface area contributed by atoms with Crippen molar-refractivity contribution in [3.05, 3.63) is 23.8 Å². The molecule has 0 aliphatic heterocycles. The van der Waals surface area contributed by atoms with E-state index in [0.29, 0.717) is 30.2 Å². The largest absolute Gasteiger partial charge is 0.497 e. The molecule has 5 nitrogen and oxygen atoms in total. The van der Waals surface area contributed by atoms with Crippen LogP contribution in [0.4, 0.5) is 0 Å². The number of hydrogen-bond acceptors (Lipinski definition) is 4. The molecule has 0 aromatic heterocycles. The van der Waals surface area contributed by atoms with E-state index >= 15 is 0 Å². The van der Waals surface area contributed by atoms with E-state index in [2.05, 4.69) is 15.9 Å². The maximum absolute atomic E-state index is 12.4. The van der Waals surface area contributed by atoms with Crippen LogP contribution in [-0.4, -0.2) is 57.2 Å². The number of nitrogens with zero attached hydrogens (tertiary/aromatic N) is 1. The van der Waals surface area contributed by atoms with Gasteiger partial charge in [0.15, 0.2) is 0 Å². The van der Waals surface area contributed by atoms with Crippen LogP contribution in [-0.2, 0) is 4.74 Å². The van der Waals surface area contributed by atoms with Gasteiger partial charge in [0.05, 0.1) is 25.7 Å². The molecule has 0 N–H and O–H groups in total. The first-order valence-electron chi connectivity index (χ1n) is 6.13. The summed E-state index contributed by atoms with van der Waals surface area (Å²) in [7, 11) is 6.49. The number of amides is 1. The van der Waals surface area contributed by atoms with E-state index in [9.17, 15) is 4.79 Å². The Bertz CT molecular complexity index is 431. The van der Waals surface area contributed by atoms with Crippen LogP contribution in [0.15, 0.2) is 18.2 Å². The zero-order chi connectivity index (χ0) is 15.1. The third-order valence-corrected chi connectivity index (χ3v) is 3.32. The number of carbonyl (C=O) groups excluding carboxylic acids is 1. The summed E-state index contributed by atoms with van der Waals surface area (Å²) in [5.74, 6) is 1.09. The molecule has 0 aliphatic rings. The number of alkyl halides is 1. The topological polar surface area (TPSA) is 48.0 Å². The fourth-order valence-corrected chi connectivity index (χ4v) is 2.46. The van der Waals surface area contributed by atoms with Crippen LogP contribution in [0.3, 0.4) is 0 Å². The first-order chi connectivity index (χ1) is 9.51. The van der Waals surface area contributed by atoms with Gasteiger partial charge in [0.25, 0.3) is 5.91 Å². The molecule has 1 unspecified atom stereocenters. The van der Waals surface area contributed by atoms with Gasteiger partial charge in [-0.05, 0) is 12.1 Å². The SMILES string of the molecule is COCC(Br)CN(C)C(=O)c1cc(OC)cc(OC)c1. The summed E-state index contributed by atoms with van der Waals surface area (Å²) in [5, 5.41) is 0. The highest BCUT2D eigenvalue weighted by atomic mass is 79.9. The van der Waals surface area contributed by atoms with Crippen molar-refractivity contribution in [3.8, 4) is 11.5 Å². The molecule has 0 fully saturated rings. The molecule has 1 atom stereocenters. The van der Waals surface area contributed by atoms with E-state index < -0.39 is 0 Å². The van der Waals surface area contributed by atoms with Crippen molar-refractivity contribution in [3.63, 3.8) is 0 Å². The maximum Gasteiger partial charge on any atom is 0.253 e. The second-order valence-corrected chi connectivity index (χ2v) is 5.63. The summed E-state index contributed by atoms with van der Waals surface area (Å²) in [4.78, 5) is 14.1. The molecule has 1 aromatic rings. The molecular formula is C14H20BrNO4.